The Morgan fingerprint density at radius 1 is 1.11 bits per heavy atom. The van der Waals surface area contributed by atoms with Gasteiger partial charge in [-0.1, -0.05) is 23.7 Å². The van der Waals surface area contributed by atoms with E-state index in [1.807, 2.05) is 6.07 Å². The number of nitrogens with zero attached hydrogens (tertiary/aromatic N) is 2. The van der Waals surface area contributed by atoms with Crippen molar-refractivity contribution in [2.45, 2.75) is 6.54 Å². The summed E-state index contributed by atoms with van der Waals surface area (Å²) in [6.45, 7) is 0.267. The molecule has 138 valence electrons. The molecule has 0 unspecified atom stereocenters. The van der Waals surface area contributed by atoms with Gasteiger partial charge in [0.1, 0.15) is 5.76 Å². The quantitative estimate of drug-likeness (QED) is 0.566. The number of rotatable bonds is 3. The van der Waals surface area contributed by atoms with Crippen LogP contribution in [0.25, 0.3) is 16.8 Å². The Kier molecular flexibility index (Phi) is 5.12. The van der Waals surface area contributed by atoms with Crippen LogP contribution in [0.15, 0.2) is 75.3 Å². The number of furan rings is 1. The average molecular weight is 405 g/mol. The molecule has 0 aliphatic rings. The summed E-state index contributed by atoms with van der Waals surface area (Å²) in [4.78, 5) is 25.2. The topological polar surface area (TPSA) is 76.9 Å². The molecule has 0 atom stereocenters. The third-order valence-corrected chi connectivity index (χ3v) is 4.34. The van der Waals surface area contributed by atoms with Gasteiger partial charge in [0.15, 0.2) is 11.3 Å². The summed E-state index contributed by atoms with van der Waals surface area (Å²) in [5, 5.41) is 10.9. The number of fused-ring (bicyclic) bond motifs is 1. The van der Waals surface area contributed by atoms with Crippen molar-refractivity contribution in [2.75, 3.05) is 0 Å². The zero-order chi connectivity index (χ0) is 18.3. The number of benzene rings is 1. The molecule has 6 nitrogen and oxygen atoms in total. The molecular weight excluding hydrogens is 391 g/mol. The molecule has 27 heavy (non-hydrogen) atoms. The summed E-state index contributed by atoms with van der Waals surface area (Å²) >= 11 is 5.98. The monoisotopic (exact) mass is 404 g/mol. The van der Waals surface area contributed by atoms with E-state index < -0.39 is 16.7 Å². The minimum Gasteiger partial charge on any atom is -0.503 e. The van der Waals surface area contributed by atoms with Crippen LogP contribution in [0.5, 0.6) is 5.75 Å². The Bertz CT molecular complexity index is 1230. The molecule has 0 aliphatic heterocycles. The lowest BCUT2D eigenvalue weighted by molar-refractivity contribution is 0.472. The van der Waals surface area contributed by atoms with Crippen LogP contribution in [-0.4, -0.2) is 14.1 Å². The minimum atomic E-state index is -0.655. The first kappa shape index (κ1) is 18.8. The number of aromatic hydroxyl groups is 1. The van der Waals surface area contributed by atoms with Crippen LogP contribution < -0.4 is 11.0 Å². The third kappa shape index (κ3) is 3.37. The zero-order valence-electron chi connectivity index (χ0n) is 13.8. The van der Waals surface area contributed by atoms with Crippen LogP contribution in [0, 0.1) is 0 Å². The summed E-state index contributed by atoms with van der Waals surface area (Å²) in [7, 11) is 0. The zero-order valence-corrected chi connectivity index (χ0v) is 15.4. The number of pyridine rings is 1. The van der Waals surface area contributed by atoms with Crippen LogP contribution in [0.4, 0.5) is 0 Å². The van der Waals surface area contributed by atoms with E-state index in [0.717, 1.165) is 5.56 Å². The van der Waals surface area contributed by atoms with Gasteiger partial charge in [-0.3, -0.25) is 9.59 Å². The Labute approximate surface area is 164 Å². The fourth-order valence-electron chi connectivity index (χ4n) is 2.87. The number of hydrogen-bond acceptors (Lipinski definition) is 4. The van der Waals surface area contributed by atoms with Crippen molar-refractivity contribution < 1.29 is 9.52 Å². The molecule has 8 heteroatoms. The lowest BCUT2D eigenvalue weighted by Crippen LogP contribution is -2.24. The van der Waals surface area contributed by atoms with Crippen LogP contribution in [-0.2, 0) is 6.54 Å². The van der Waals surface area contributed by atoms with Gasteiger partial charge in [-0.05, 0) is 29.8 Å². The SMILES string of the molecule is Cl.O=c1c(-c2ccco2)cn2ccn(Cc3cccc(Cl)c3)c(=O)c2c1O. The molecule has 1 N–H and O–H groups in total. The molecular formula is C19H14Cl2N2O4. The summed E-state index contributed by atoms with van der Waals surface area (Å²) in [5.74, 6) is -0.285. The van der Waals surface area contributed by atoms with Crippen molar-refractivity contribution in [3.63, 3.8) is 0 Å². The Morgan fingerprint density at radius 3 is 2.63 bits per heavy atom. The second kappa shape index (κ2) is 7.34. The van der Waals surface area contributed by atoms with Crippen LogP contribution >= 0.6 is 24.0 Å². The second-order valence-electron chi connectivity index (χ2n) is 5.81. The molecule has 0 bridgehead atoms. The molecule has 0 saturated heterocycles. The number of hydrogen-bond donors (Lipinski definition) is 1. The van der Waals surface area contributed by atoms with Crippen LogP contribution in [0.1, 0.15) is 5.56 Å². The van der Waals surface area contributed by atoms with E-state index in [4.69, 9.17) is 16.0 Å². The van der Waals surface area contributed by atoms with Gasteiger partial charge < -0.3 is 18.5 Å². The highest BCUT2D eigenvalue weighted by atomic mass is 35.5. The molecule has 4 aromatic rings. The van der Waals surface area contributed by atoms with Gasteiger partial charge >= 0.3 is 0 Å². The standard InChI is InChI=1S/C19H13ClN2O4.ClH/c20-13-4-1-3-12(9-13)10-22-7-6-21-11-14(15-5-2-8-26-15)17(23)18(24)16(21)19(22)25;/h1-9,11,24H,10H2;1H. The van der Waals surface area contributed by atoms with Crippen molar-refractivity contribution in [2.24, 2.45) is 0 Å². The van der Waals surface area contributed by atoms with Gasteiger partial charge in [-0.15, -0.1) is 12.4 Å². The Morgan fingerprint density at radius 2 is 1.93 bits per heavy atom. The number of halogens is 2. The second-order valence-corrected chi connectivity index (χ2v) is 6.25. The van der Waals surface area contributed by atoms with Gasteiger partial charge in [-0.25, -0.2) is 0 Å². The number of aromatic nitrogens is 2. The van der Waals surface area contributed by atoms with Gasteiger partial charge in [0.25, 0.3) is 5.56 Å². The maximum Gasteiger partial charge on any atom is 0.279 e. The predicted octanol–water partition coefficient (Wildman–Crippen LogP) is 3.55. The van der Waals surface area contributed by atoms with E-state index in [-0.39, 0.29) is 30.0 Å². The van der Waals surface area contributed by atoms with Crippen molar-refractivity contribution >= 4 is 29.5 Å². The summed E-state index contributed by atoms with van der Waals surface area (Å²) < 4.78 is 8.06. The Hall–Kier alpha value is -2.96. The van der Waals surface area contributed by atoms with Crippen molar-refractivity contribution in [1.29, 1.82) is 0 Å². The van der Waals surface area contributed by atoms with E-state index in [2.05, 4.69) is 0 Å². The third-order valence-electron chi connectivity index (χ3n) is 4.11. The molecule has 3 aromatic heterocycles. The molecule has 0 radical (unpaired) electrons. The van der Waals surface area contributed by atoms with E-state index in [1.165, 1.54) is 21.4 Å². The van der Waals surface area contributed by atoms with Gasteiger partial charge in [0.05, 0.1) is 18.4 Å². The molecule has 0 amide bonds. The molecule has 3 heterocycles. The maximum atomic E-state index is 12.8. The van der Waals surface area contributed by atoms with Gasteiger partial charge in [0, 0.05) is 23.6 Å². The highest BCUT2D eigenvalue weighted by Crippen LogP contribution is 2.20. The fraction of sp³-hybridized carbons (Fsp3) is 0.0526. The van der Waals surface area contributed by atoms with E-state index >= 15 is 0 Å². The van der Waals surface area contributed by atoms with Crippen LogP contribution in [0.2, 0.25) is 5.02 Å². The maximum absolute atomic E-state index is 12.8. The van der Waals surface area contributed by atoms with Gasteiger partial charge in [0.2, 0.25) is 5.43 Å². The predicted molar refractivity (Wildman–Crippen MR) is 105 cm³/mol. The molecule has 0 fully saturated rings. The van der Waals surface area contributed by atoms with Gasteiger partial charge in [-0.2, -0.15) is 0 Å². The summed E-state index contributed by atoms with van der Waals surface area (Å²) in [6, 6.07) is 10.4. The highest BCUT2D eigenvalue weighted by Gasteiger charge is 2.17. The van der Waals surface area contributed by atoms with Crippen molar-refractivity contribution in [3.8, 4) is 17.1 Å². The Balaban J connectivity index is 0.00000210. The molecule has 1 aromatic carbocycles. The fourth-order valence-corrected chi connectivity index (χ4v) is 3.08. The molecule has 4 rings (SSSR count). The van der Waals surface area contributed by atoms with Crippen LogP contribution in [0.3, 0.4) is 0 Å². The van der Waals surface area contributed by atoms with E-state index in [0.29, 0.717) is 10.8 Å². The first-order valence-corrected chi connectivity index (χ1v) is 8.18. The molecule has 0 aliphatic carbocycles. The van der Waals surface area contributed by atoms with E-state index in [1.54, 1.807) is 42.7 Å². The van der Waals surface area contributed by atoms with E-state index in [9.17, 15) is 14.7 Å². The molecule has 0 spiro atoms. The first-order valence-electron chi connectivity index (χ1n) is 7.80. The highest BCUT2D eigenvalue weighted by molar-refractivity contribution is 6.30. The average Bonchev–Trinajstić information content (AvgIpc) is 3.14. The largest absolute Gasteiger partial charge is 0.503 e. The summed E-state index contributed by atoms with van der Waals surface area (Å²) in [6.07, 6.45) is 6.10. The lowest BCUT2D eigenvalue weighted by Gasteiger charge is -2.10. The lowest BCUT2D eigenvalue weighted by atomic mass is 10.2. The van der Waals surface area contributed by atoms with Crippen molar-refractivity contribution in [3.05, 3.63) is 92.4 Å². The summed E-state index contributed by atoms with van der Waals surface area (Å²) in [5.41, 5.74) is -0.213. The minimum absolute atomic E-state index is 0. The molecule has 0 saturated carbocycles. The van der Waals surface area contributed by atoms with Crippen molar-refractivity contribution in [1.82, 2.24) is 8.97 Å². The first-order chi connectivity index (χ1) is 12.5. The normalized spacial score (nSPS) is 10.7. The smallest absolute Gasteiger partial charge is 0.279 e.